The molecule has 3 rings (SSSR count). The third-order valence-electron chi connectivity index (χ3n) is 3.83. The van der Waals surface area contributed by atoms with Crippen LogP contribution >= 0.6 is 0 Å². The van der Waals surface area contributed by atoms with E-state index in [4.69, 9.17) is 9.47 Å². The molecule has 1 heterocycles. The molecule has 2 aromatic carbocycles. The number of amides is 1. The molecule has 1 atom stereocenters. The highest BCUT2D eigenvalue weighted by molar-refractivity contribution is 5.96. The maximum atomic E-state index is 12.6. The zero-order valence-electron chi connectivity index (χ0n) is 12.5. The Morgan fingerprint density at radius 1 is 1.23 bits per heavy atom. The van der Waals surface area contributed by atoms with Crippen molar-refractivity contribution in [2.45, 2.75) is 19.1 Å². The van der Waals surface area contributed by atoms with Crippen LogP contribution in [0, 0.1) is 0 Å². The van der Waals surface area contributed by atoms with E-state index in [1.807, 2.05) is 48.5 Å². The number of methoxy groups -OCH3 is 1. The molecule has 4 nitrogen and oxygen atoms in total. The second-order valence-corrected chi connectivity index (χ2v) is 5.29. The summed E-state index contributed by atoms with van der Waals surface area (Å²) in [6.07, 6.45) is 0.773. The molecule has 0 bridgehead atoms. The van der Waals surface area contributed by atoms with Gasteiger partial charge in [-0.2, -0.15) is 0 Å². The van der Waals surface area contributed by atoms with Crippen molar-refractivity contribution in [2.24, 2.45) is 0 Å². The molecule has 1 unspecified atom stereocenters. The summed E-state index contributed by atoms with van der Waals surface area (Å²) < 4.78 is 10.8. The van der Waals surface area contributed by atoms with E-state index in [1.54, 1.807) is 7.11 Å². The Labute approximate surface area is 130 Å². The van der Waals surface area contributed by atoms with Crippen molar-refractivity contribution in [3.63, 3.8) is 0 Å². The average Bonchev–Trinajstić information content (AvgIpc) is 2.56. The SMILES string of the molecule is COCc1ccccc1C(=O)NC1CCOc2ccccc21. The Morgan fingerprint density at radius 3 is 2.86 bits per heavy atom. The Bertz CT molecular complexity index is 669. The van der Waals surface area contributed by atoms with Crippen molar-refractivity contribution >= 4 is 5.91 Å². The van der Waals surface area contributed by atoms with Gasteiger partial charge in [0.1, 0.15) is 5.75 Å². The van der Waals surface area contributed by atoms with E-state index < -0.39 is 0 Å². The number of benzene rings is 2. The highest BCUT2D eigenvalue weighted by Gasteiger charge is 2.23. The third-order valence-corrected chi connectivity index (χ3v) is 3.83. The minimum absolute atomic E-state index is 0.0203. The largest absolute Gasteiger partial charge is 0.493 e. The molecule has 2 aromatic rings. The molecule has 0 aromatic heterocycles. The molecule has 1 amide bonds. The van der Waals surface area contributed by atoms with Gasteiger partial charge in [0.25, 0.3) is 5.91 Å². The summed E-state index contributed by atoms with van der Waals surface area (Å²) in [5.41, 5.74) is 2.59. The van der Waals surface area contributed by atoms with Gasteiger partial charge in [-0.3, -0.25) is 4.79 Å². The van der Waals surface area contributed by atoms with Crippen LogP contribution in [0.25, 0.3) is 0 Å². The fraction of sp³-hybridized carbons (Fsp3) is 0.278. The first-order chi connectivity index (χ1) is 10.8. The van der Waals surface area contributed by atoms with Crippen LogP contribution in [-0.2, 0) is 11.3 Å². The van der Waals surface area contributed by atoms with Crippen molar-refractivity contribution in [1.29, 1.82) is 0 Å². The molecule has 0 saturated heterocycles. The van der Waals surface area contributed by atoms with Crippen LogP contribution in [0.3, 0.4) is 0 Å². The molecule has 1 aliphatic heterocycles. The lowest BCUT2D eigenvalue weighted by Gasteiger charge is -2.27. The zero-order chi connectivity index (χ0) is 15.4. The summed E-state index contributed by atoms with van der Waals surface area (Å²) in [4.78, 5) is 12.6. The summed E-state index contributed by atoms with van der Waals surface area (Å²) in [7, 11) is 1.63. The predicted molar refractivity (Wildman–Crippen MR) is 83.9 cm³/mol. The van der Waals surface area contributed by atoms with E-state index in [0.29, 0.717) is 18.8 Å². The molecule has 22 heavy (non-hydrogen) atoms. The third kappa shape index (κ3) is 2.97. The average molecular weight is 297 g/mol. The number of carbonyl (C=O) groups is 1. The molecule has 0 spiro atoms. The molecule has 0 aliphatic carbocycles. The summed E-state index contributed by atoms with van der Waals surface area (Å²) in [5.74, 6) is 0.776. The van der Waals surface area contributed by atoms with Crippen LogP contribution < -0.4 is 10.1 Å². The first-order valence-electron chi connectivity index (χ1n) is 7.39. The van der Waals surface area contributed by atoms with E-state index in [9.17, 15) is 4.79 Å². The maximum absolute atomic E-state index is 12.6. The van der Waals surface area contributed by atoms with Crippen LogP contribution in [0.15, 0.2) is 48.5 Å². The number of hydrogen-bond acceptors (Lipinski definition) is 3. The summed E-state index contributed by atoms with van der Waals surface area (Å²) in [5, 5.41) is 3.12. The lowest BCUT2D eigenvalue weighted by atomic mass is 9.99. The van der Waals surface area contributed by atoms with E-state index in [1.165, 1.54) is 0 Å². The first-order valence-corrected chi connectivity index (χ1v) is 7.39. The smallest absolute Gasteiger partial charge is 0.252 e. The van der Waals surface area contributed by atoms with E-state index in [-0.39, 0.29) is 11.9 Å². The van der Waals surface area contributed by atoms with Gasteiger partial charge in [0.15, 0.2) is 0 Å². The number of fused-ring (bicyclic) bond motifs is 1. The van der Waals surface area contributed by atoms with Crippen molar-refractivity contribution in [1.82, 2.24) is 5.32 Å². The maximum Gasteiger partial charge on any atom is 0.252 e. The molecular weight excluding hydrogens is 278 g/mol. The second-order valence-electron chi connectivity index (χ2n) is 5.29. The molecule has 0 radical (unpaired) electrons. The highest BCUT2D eigenvalue weighted by atomic mass is 16.5. The quantitative estimate of drug-likeness (QED) is 0.943. The number of hydrogen-bond donors (Lipinski definition) is 1. The van der Waals surface area contributed by atoms with Crippen molar-refractivity contribution < 1.29 is 14.3 Å². The molecule has 114 valence electrons. The summed E-state index contributed by atoms with van der Waals surface area (Å²) in [6, 6.07) is 15.3. The van der Waals surface area contributed by atoms with Gasteiger partial charge in [-0.05, 0) is 17.7 Å². The van der Waals surface area contributed by atoms with Crippen LogP contribution in [0.2, 0.25) is 0 Å². The zero-order valence-corrected chi connectivity index (χ0v) is 12.5. The monoisotopic (exact) mass is 297 g/mol. The first kappa shape index (κ1) is 14.6. The molecule has 0 saturated carbocycles. The van der Waals surface area contributed by atoms with Crippen LogP contribution in [0.1, 0.15) is 33.9 Å². The minimum Gasteiger partial charge on any atom is -0.493 e. The normalized spacial score (nSPS) is 16.5. The van der Waals surface area contributed by atoms with Gasteiger partial charge in [0.05, 0.1) is 19.3 Å². The molecule has 1 aliphatic rings. The van der Waals surface area contributed by atoms with Gasteiger partial charge >= 0.3 is 0 Å². The lowest BCUT2D eigenvalue weighted by Crippen LogP contribution is -2.32. The molecule has 1 N–H and O–H groups in total. The summed E-state index contributed by atoms with van der Waals surface area (Å²) >= 11 is 0. The fourth-order valence-corrected chi connectivity index (χ4v) is 2.75. The van der Waals surface area contributed by atoms with Gasteiger partial charge in [0, 0.05) is 24.7 Å². The van der Waals surface area contributed by atoms with E-state index >= 15 is 0 Å². The highest BCUT2D eigenvalue weighted by Crippen LogP contribution is 2.31. The number of rotatable bonds is 4. The number of ether oxygens (including phenoxy) is 2. The Balaban J connectivity index is 1.81. The number of nitrogens with one attached hydrogen (secondary N) is 1. The number of para-hydroxylation sites is 1. The predicted octanol–water partition coefficient (Wildman–Crippen LogP) is 3.09. The molecule has 4 heteroatoms. The Morgan fingerprint density at radius 2 is 2.00 bits per heavy atom. The molecule has 0 fully saturated rings. The van der Waals surface area contributed by atoms with Crippen LogP contribution in [0.5, 0.6) is 5.75 Å². The van der Waals surface area contributed by atoms with E-state index in [0.717, 1.165) is 23.3 Å². The standard InChI is InChI=1S/C18H19NO3/c1-21-12-13-6-2-3-7-14(13)18(20)19-16-10-11-22-17-9-5-4-8-15(16)17/h2-9,16H,10-12H2,1H3,(H,19,20). The van der Waals surface area contributed by atoms with Crippen molar-refractivity contribution in [2.75, 3.05) is 13.7 Å². The van der Waals surface area contributed by atoms with Gasteiger partial charge in [-0.1, -0.05) is 36.4 Å². The van der Waals surface area contributed by atoms with Gasteiger partial charge < -0.3 is 14.8 Å². The van der Waals surface area contributed by atoms with Crippen molar-refractivity contribution in [3.8, 4) is 5.75 Å². The van der Waals surface area contributed by atoms with Crippen LogP contribution in [0.4, 0.5) is 0 Å². The number of carbonyl (C=O) groups excluding carboxylic acids is 1. The van der Waals surface area contributed by atoms with E-state index in [2.05, 4.69) is 5.32 Å². The minimum atomic E-state index is -0.0747. The van der Waals surface area contributed by atoms with Gasteiger partial charge in [-0.15, -0.1) is 0 Å². The van der Waals surface area contributed by atoms with Crippen molar-refractivity contribution in [3.05, 3.63) is 65.2 Å². The topological polar surface area (TPSA) is 47.6 Å². The van der Waals surface area contributed by atoms with Gasteiger partial charge in [-0.25, -0.2) is 0 Å². The van der Waals surface area contributed by atoms with Crippen LogP contribution in [-0.4, -0.2) is 19.6 Å². The fourth-order valence-electron chi connectivity index (χ4n) is 2.75. The van der Waals surface area contributed by atoms with Gasteiger partial charge in [0.2, 0.25) is 0 Å². The summed E-state index contributed by atoms with van der Waals surface area (Å²) in [6.45, 7) is 1.04. The lowest BCUT2D eigenvalue weighted by molar-refractivity contribution is 0.0920. The Kier molecular flexibility index (Phi) is 4.39. The second kappa shape index (κ2) is 6.62. The molecular formula is C18H19NO3. The Hall–Kier alpha value is -2.33.